The Morgan fingerprint density at radius 2 is 2.19 bits per heavy atom. The van der Waals surface area contributed by atoms with Gasteiger partial charge < -0.3 is 9.42 Å². The monoisotopic (exact) mass is 406 g/mol. The second kappa shape index (κ2) is 7.34. The van der Waals surface area contributed by atoms with Gasteiger partial charge in [0.1, 0.15) is 16.5 Å². The summed E-state index contributed by atoms with van der Waals surface area (Å²) in [6.07, 6.45) is 0.579. The van der Waals surface area contributed by atoms with Crippen molar-refractivity contribution in [3.8, 4) is 11.8 Å². The zero-order valence-corrected chi connectivity index (χ0v) is 18.1. The van der Waals surface area contributed by atoms with Crippen LogP contribution in [-0.2, 0) is 9.54 Å². The number of thiophene rings is 1. The number of aromatic nitrogens is 1. The van der Waals surface area contributed by atoms with Crippen molar-refractivity contribution in [2.45, 2.75) is 43.8 Å². The van der Waals surface area contributed by atoms with Gasteiger partial charge in [-0.05, 0) is 33.3 Å². The summed E-state index contributed by atoms with van der Waals surface area (Å²) in [6.45, 7) is 8.00. The summed E-state index contributed by atoms with van der Waals surface area (Å²) in [5.74, 6) is 8.37. The molecule has 7 heteroatoms. The van der Waals surface area contributed by atoms with Crippen LogP contribution in [0.2, 0.25) is 0 Å². The molecule has 2 unspecified atom stereocenters. The first-order chi connectivity index (χ1) is 12.2. The van der Waals surface area contributed by atoms with Gasteiger partial charge in [-0.1, -0.05) is 17.0 Å². The maximum Gasteiger partial charge on any atom is 0.228 e. The fourth-order valence-corrected chi connectivity index (χ4v) is 5.29. The van der Waals surface area contributed by atoms with Crippen molar-refractivity contribution in [3.63, 3.8) is 0 Å². The molecule has 26 heavy (non-hydrogen) atoms. The largest absolute Gasteiger partial charge is 0.361 e. The van der Waals surface area contributed by atoms with Gasteiger partial charge in [-0.25, -0.2) is 0 Å². The Morgan fingerprint density at radius 3 is 2.85 bits per heavy atom. The van der Waals surface area contributed by atoms with Gasteiger partial charge in [-0.3, -0.25) is 4.79 Å². The summed E-state index contributed by atoms with van der Waals surface area (Å²) in [7, 11) is 1.85. The molecule has 0 saturated carbocycles. The van der Waals surface area contributed by atoms with Crippen LogP contribution in [0.25, 0.3) is 0 Å². The fourth-order valence-electron chi connectivity index (χ4n) is 2.66. The SMILES string of the molecule is Cc1cc(C(C)(S)C(C)C#Cc2sc3c(c2C)SCCC(=O)N3C)no1. The van der Waals surface area contributed by atoms with E-state index in [4.69, 9.17) is 17.2 Å². The van der Waals surface area contributed by atoms with Gasteiger partial charge in [-0.2, -0.15) is 12.6 Å². The lowest BCUT2D eigenvalue weighted by Crippen LogP contribution is -2.24. The van der Waals surface area contributed by atoms with Crippen molar-refractivity contribution in [1.82, 2.24) is 5.16 Å². The van der Waals surface area contributed by atoms with Gasteiger partial charge in [0.15, 0.2) is 0 Å². The van der Waals surface area contributed by atoms with Gasteiger partial charge in [0, 0.05) is 36.1 Å². The van der Waals surface area contributed by atoms with Crippen LogP contribution in [-0.4, -0.2) is 23.9 Å². The maximum atomic E-state index is 12.1. The van der Waals surface area contributed by atoms with Crippen molar-refractivity contribution in [1.29, 1.82) is 0 Å². The Hall–Kier alpha value is -1.36. The highest BCUT2D eigenvalue weighted by atomic mass is 32.2. The number of thiol groups is 1. The van der Waals surface area contributed by atoms with Crippen LogP contribution in [0.4, 0.5) is 5.00 Å². The van der Waals surface area contributed by atoms with E-state index in [0.717, 1.165) is 32.6 Å². The van der Waals surface area contributed by atoms with Gasteiger partial charge in [-0.15, -0.1) is 23.1 Å². The van der Waals surface area contributed by atoms with Crippen LogP contribution in [0.1, 0.15) is 42.2 Å². The molecule has 4 nitrogen and oxygen atoms in total. The van der Waals surface area contributed by atoms with E-state index in [0.29, 0.717) is 6.42 Å². The fraction of sp³-hybridized carbons (Fsp3) is 0.474. The standard InChI is InChI=1S/C19H22N2O2S3/c1-11(19(4,24)15-10-12(2)23-20-15)6-7-14-13(3)17-18(26-14)21(5)16(22)8-9-25-17/h10-11,24H,8-9H2,1-5H3. The molecule has 138 valence electrons. The zero-order chi connectivity index (χ0) is 19.1. The lowest BCUT2D eigenvalue weighted by atomic mass is 9.92. The Bertz CT molecular complexity index is 902. The summed E-state index contributed by atoms with van der Waals surface area (Å²) >= 11 is 8.13. The normalized spacial score (nSPS) is 17.8. The molecule has 0 fully saturated rings. The summed E-state index contributed by atoms with van der Waals surface area (Å²) in [6, 6.07) is 1.90. The van der Waals surface area contributed by atoms with Crippen molar-refractivity contribution in [3.05, 3.63) is 28.0 Å². The van der Waals surface area contributed by atoms with E-state index in [9.17, 15) is 4.79 Å². The van der Waals surface area contributed by atoms with Crippen LogP contribution < -0.4 is 4.90 Å². The third-order valence-electron chi connectivity index (χ3n) is 4.71. The predicted molar refractivity (Wildman–Crippen MR) is 111 cm³/mol. The van der Waals surface area contributed by atoms with Crippen LogP contribution in [0.3, 0.4) is 0 Å². The first kappa shape index (κ1) is 19.4. The van der Waals surface area contributed by atoms with Crippen LogP contribution in [0.15, 0.2) is 15.5 Å². The smallest absolute Gasteiger partial charge is 0.228 e. The predicted octanol–water partition coefficient (Wildman–Crippen LogP) is 4.64. The molecule has 0 aliphatic carbocycles. The Morgan fingerprint density at radius 1 is 1.46 bits per heavy atom. The minimum atomic E-state index is -0.505. The average Bonchev–Trinajstić information content (AvgIpc) is 3.13. The van der Waals surface area contributed by atoms with Crippen LogP contribution >= 0.6 is 35.7 Å². The molecule has 1 amide bonds. The number of hydrogen-bond donors (Lipinski definition) is 1. The third kappa shape index (κ3) is 3.55. The second-order valence-corrected chi connectivity index (χ2v) is 9.74. The first-order valence-corrected chi connectivity index (χ1v) is 10.7. The quantitative estimate of drug-likeness (QED) is 0.583. The van der Waals surface area contributed by atoms with Crippen molar-refractivity contribution in [2.24, 2.45) is 5.92 Å². The Labute approximate surface area is 168 Å². The number of aryl methyl sites for hydroxylation is 1. The molecule has 0 bridgehead atoms. The molecule has 0 radical (unpaired) electrons. The molecule has 2 aromatic heterocycles. The molecule has 3 heterocycles. The highest BCUT2D eigenvalue weighted by Crippen LogP contribution is 2.44. The molecule has 2 atom stereocenters. The molecule has 0 N–H and O–H groups in total. The maximum absolute atomic E-state index is 12.1. The van der Waals surface area contributed by atoms with Crippen molar-refractivity contribution < 1.29 is 9.32 Å². The number of carbonyl (C=O) groups is 1. The first-order valence-electron chi connectivity index (χ1n) is 8.42. The zero-order valence-electron chi connectivity index (χ0n) is 15.5. The van der Waals surface area contributed by atoms with Crippen LogP contribution in [0, 0.1) is 31.6 Å². The molecule has 0 spiro atoms. The van der Waals surface area contributed by atoms with Gasteiger partial charge >= 0.3 is 0 Å². The summed E-state index contributed by atoms with van der Waals surface area (Å²) in [5.41, 5.74) is 1.95. The number of anilines is 1. The van der Waals surface area contributed by atoms with Gasteiger partial charge in [0.2, 0.25) is 5.91 Å². The number of carbonyl (C=O) groups excluding carboxylic acids is 1. The summed E-state index contributed by atoms with van der Waals surface area (Å²) < 4.78 is 4.68. The van der Waals surface area contributed by atoms with E-state index < -0.39 is 4.75 Å². The molecule has 1 aliphatic heterocycles. The highest BCUT2D eigenvalue weighted by molar-refractivity contribution is 7.99. The lowest BCUT2D eigenvalue weighted by molar-refractivity contribution is -0.117. The summed E-state index contributed by atoms with van der Waals surface area (Å²) in [4.78, 5) is 16.1. The van der Waals surface area contributed by atoms with E-state index in [-0.39, 0.29) is 11.8 Å². The molecular formula is C19H22N2O2S3. The minimum absolute atomic E-state index is 0.0244. The van der Waals surface area contributed by atoms with E-state index in [1.54, 1.807) is 28.0 Å². The number of hydrogen-bond acceptors (Lipinski definition) is 6. The second-order valence-electron chi connectivity index (χ2n) is 6.70. The Kier molecular flexibility index (Phi) is 5.48. The van der Waals surface area contributed by atoms with Crippen molar-refractivity contribution in [2.75, 3.05) is 17.7 Å². The molecular weight excluding hydrogens is 384 g/mol. The van der Waals surface area contributed by atoms with Gasteiger partial charge in [0.05, 0.1) is 9.62 Å². The molecule has 2 aromatic rings. The van der Waals surface area contributed by atoms with E-state index in [1.807, 2.05) is 33.9 Å². The average molecular weight is 407 g/mol. The molecule has 0 aromatic carbocycles. The van der Waals surface area contributed by atoms with E-state index in [2.05, 4.69) is 23.9 Å². The van der Waals surface area contributed by atoms with E-state index >= 15 is 0 Å². The molecule has 0 saturated heterocycles. The minimum Gasteiger partial charge on any atom is -0.361 e. The van der Waals surface area contributed by atoms with Gasteiger partial charge in [0.25, 0.3) is 0 Å². The topological polar surface area (TPSA) is 46.3 Å². The molecule has 1 aliphatic rings. The Balaban J connectivity index is 1.90. The van der Waals surface area contributed by atoms with E-state index in [1.165, 1.54) is 4.90 Å². The lowest BCUT2D eigenvalue weighted by Gasteiger charge is -2.24. The number of amides is 1. The number of fused-ring (bicyclic) bond motifs is 1. The number of nitrogens with zero attached hydrogens (tertiary/aromatic N) is 2. The number of thioether (sulfide) groups is 1. The summed E-state index contributed by atoms with van der Waals surface area (Å²) in [5, 5.41) is 5.11. The highest BCUT2D eigenvalue weighted by Gasteiger charge is 2.31. The number of rotatable bonds is 2. The van der Waals surface area contributed by atoms with Crippen LogP contribution in [0.5, 0.6) is 0 Å². The third-order valence-corrected chi connectivity index (χ3v) is 7.93. The van der Waals surface area contributed by atoms with Crippen molar-refractivity contribution >= 4 is 46.6 Å². The molecule has 3 rings (SSSR count).